The smallest absolute Gasteiger partial charge is 0.00693 e. The minimum Gasteiger partial charge on any atom is -0.328 e. The lowest BCUT2D eigenvalue weighted by Gasteiger charge is -2.29. The molecule has 1 aliphatic rings. The summed E-state index contributed by atoms with van der Waals surface area (Å²) in [6.07, 6.45) is 7.32. The molecule has 0 heterocycles. The van der Waals surface area contributed by atoms with Crippen LogP contribution in [0.4, 0.5) is 0 Å². The first kappa shape index (κ1) is 12.3. The highest BCUT2D eigenvalue weighted by Crippen LogP contribution is 2.23. The fourth-order valence-electron chi connectivity index (χ4n) is 2.15. The molecule has 0 spiro atoms. The summed E-state index contributed by atoms with van der Waals surface area (Å²) in [5, 5.41) is 0. The lowest BCUT2D eigenvalue weighted by molar-refractivity contribution is 0.232. The van der Waals surface area contributed by atoms with Gasteiger partial charge in [-0.1, -0.05) is 0 Å². The quantitative estimate of drug-likeness (QED) is 0.760. The first-order valence-electron chi connectivity index (χ1n) is 5.65. The van der Waals surface area contributed by atoms with Gasteiger partial charge in [0.1, 0.15) is 0 Å². The highest BCUT2D eigenvalue weighted by molar-refractivity contribution is 7.98. The van der Waals surface area contributed by atoms with Crippen LogP contribution in [0.2, 0.25) is 0 Å². The second-order valence-corrected chi connectivity index (χ2v) is 5.52. The van der Waals surface area contributed by atoms with Crippen molar-refractivity contribution in [1.29, 1.82) is 0 Å². The molecular weight excluding hydrogens is 192 g/mol. The number of thioether (sulfide) groups is 1. The zero-order valence-electron chi connectivity index (χ0n) is 9.54. The van der Waals surface area contributed by atoms with Crippen LogP contribution >= 0.6 is 11.8 Å². The van der Waals surface area contributed by atoms with E-state index >= 15 is 0 Å². The van der Waals surface area contributed by atoms with Crippen LogP contribution in [-0.4, -0.2) is 43.1 Å². The van der Waals surface area contributed by atoms with Crippen LogP contribution in [0.1, 0.15) is 25.7 Å². The van der Waals surface area contributed by atoms with Gasteiger partial charge in [0, 0.05) is 24.9 Å². The predicted molar refractivity (Wildman–Crippen MR) is 65.8 cm³/mol. The van der Waals surface area contributed by atoms with Gasteiger partial charge in [-0.05, 0) is 44.9 Å². The van der Waals surface area contributed by atoms with E-state index in [2.05, 4.69) is 18.2 Å². The van der Waals surface area contributed by atoms with Gasteiger partial charge in [-0.15, -0.1) is 0 Å². The molecule has 0 amide bonds. The van der Waals surface area contributed by atoms with Crippen molar-refractivity contribution in [2.75, 3.05) is 32.1 Å². The Labute approximate surface area is 92.6 Å². The molecule has 0 aliphatic heterocycles. The molecule has 0 unspecified atom stereocenters. The summed E-state index contributed by atoms with van der Waals surface area (Å²) in [7, 11) is 2.24. The summed E-state index contributed by atoms with van der Waals surface area (Å²) in [6.45, 7) is 2.50. The Morgan fingerprint density at radius 2 is 1.93 bits per heavy atom. The van der Waals surface area contributed by atoms with Gasteiger partial charge in [0.25, 0.3) is 0 Å². The Balaban J connectivity index is 2.10. The summed E-state index contributed by atoms with van der Waals surface area (Å²) in [4.78, 5) is 2.47. The van der Waals surface area contributed by atoms with Crippen LogP contribution in [0.5, 0.6) is 0 Å². The summed E-state index contributed by atoms with van der Waals surface area (Å²) in [5.41, 5.74) is 5.89. The van der Waals surface area contributed by atoms with E-state index in [4.69, 9.17) is 5.73 Å². The van der Waals surface area contributed by atoms with Gasteiger partial charge in [-0.3, -0.25) is 0 Å². The molecule has 0 aromatic rings. The van der Waals surface area contributed by atoms with Gasteiger partial charge in [0.2, 0.25) is 0 Å². The van der Waals surface area contributed by atoms with Crippen molar-refractivity contribution in [2.24, 2.45) is 11.7 Å². The molecule has 0 atom stereocenters. The van der Waals surface area contributed by atoms with Crippen molar-refractivity contribution in [3.63, 3.8) is 0 Å². The molecule has 2 nitrogen and oxygen atoms in total. The van der Waals surface area contributed by atoms with Crippen LogP contribution < -0.4 is 5.73 Å². The highest BCUT2D eigenvalue weighted by atomic mass is 32.2. The van der Waals surface area contributed by atoms with Crippen molar-refractivity contribution in [3.05, 3.63) is 0 Å². The Morgan fingerprint density at radius 3 is 2.50 bits per heavy atom. The van der Waals surface area contributed by atoms with Crippen molar-refractivity contribution < 1.29 is 0 Å². The third-order valence-electron chi connectivity index (χ3n) is 3.14. The molecule has 14 heavy (non-hydrogen) atoms. The Bertz CT molecular complexity index is 144. The van der Waals surface area contributed by atoms with Gasteiger partial charge in [0.15, 0.2) is 0 Å². The van der Waals surface area contributed by atoms with Crippen LogP contribution in [0.3, 0.4) is 0 Å². The zero-order valence-corrected chi connectivity index (χ0v) is 10.4. The van der Waals surface area contributed by atoms with E-state index in [1.165, 1.54) is 44.5 Å². The molecule has 1 fully saturated rings. The van der Waals surface area contributed by atoms with E-state index in [1.807, 2.05) is 11.8 Å². The number of hydrogen-bond donors (Lipinski definition) is 1. The molecule has 1 saturated carbocycles. The van der Waals surface area contributed by atoms with Crippen LogP contribution in [0.25, 0.3) is 0 Å². The fourth-order valence-corrected chi connectivity index (χ4v) is 2.64. The number of nitrogens with two attached hydrogens (primary N) is 1. The molecule has 1 rings (SSSR count). The molecule has 0 saturated heterocycles. The first-order valence-corrected chi connectivity index (χ1v) is 7.05. The number of nitrogens with zero attached hydrogens (tertiary/aromatic N) is 1. The Kier molecular flexibility index (Phi) is 5.90. The fraction of sp³-hybridized carbons (Fsp3) is 1.00. The molecule has 2 N–H and O–H groups in total. The van der Waals surface area contributed by atoms with Gasteiger partial charge in [0.05, 0.1) is 0 Å². The van der Waals surface area contributed by atoms with Gasteiger partial charge in [-0.2, -0.15) is 11.8 Å². The lowest BCUT2D eigenvalue weighted by Crippen LogP contribution is -2.33. The van der Waals surface area contributed by atoms with E-state index in [9.17, 15) is 0 Å². The van der Waals surface area contributed by atoms with E-state index in [0.29, 0.717) is 6.04 Å². The minimum atomic E-state index is 0.489. The molecule has 0 bridgehead atoms. The third kappa shape index (κ3) is 4.67. The van der Waals surface area contributed by atoms with E-state index in [-0.39, 0.29) is 0 Å². The Hall–Kier alpha value is 0.270. The molecule has 0 aromatic carbocycles. The average Bonchev–Trinajstić information content (AvgIpc) is 2.18. The molecule has 1 aliphatic carbocycles. The van der Waals surface area contributed by atoms with Gasteiger partial charge >= 0.3 is 0 Å². The van der Waals surface area contributed by atoms with Crippen molar-refractivity contribution in [1.82, 2.24) is 4.90 Å². The predicted octanol–water partition coefficient (Wildman–Crippen LogP) is 1.80. The maximum absolute atomic E-state index is 5.89. The first-order chi connectivity index (χ1) is 6.72. The standard InChI is InChI=1S/C11H24N2S/c1-13(7-8-14-2)9-10-3-5-11(12)6-4-10/h10-11H,3-9,12H2,1-2H3. The minimum absolute atomic E-state index is 0.489. The second kappa shape index (κ2) is 6.70. The topological polar surface area (TPSA) is 29.3 Å². The summed E-state index contributed by atoms with van der Waals surface area (Å²) in [6, 6.07) is 0.489. The average molecular weight is 216 g/mol. The molecular formula is C11H24N2S. The van der Waals surface area contributed by atoms with E-state index in [1.54, 1.807) is 0 Å². The monoisotopic (exact) mass is 216 g/mol. The molecule has 84 valence electrons. The third-order valence-corrected chi connectivity index (χ3v) is 3.73. The van der Waals surface area contributed by atoms with Gasteiger partial charge in [-0.25, -0.2) is 0 Å². The normalized spacial score (nSPS) is 28.3. The second-order valence-electron chi connectivity index (χ2n) is 4.54. The van der Waals surface area contributed by atoms with Crippen molar-refractivity contribution >= 4 is 11.8 Å². The number of hydrogen-bond acceptors (Lipinski definition) is 3. The van der Waals surface area contributed by atoms with Crippen LogP contribution in [0.15, 0.2) is 0 Å². The number of rotatable bonds is 5. The van der Waals surface area contributed by atoms with E-state index < -0.39 is 0 Å². The zero-order chi connectivity index (χ0) is 10.4. The van der Waals surface area contributed by atoms with Gasteiger partial charge < -0.3 is 10.6 Å². The summed E-state index contributed by atoms with van der Waals surface area (Å²) in [5.74, 6) is 2.16. The lowest BCUT2D eigenvalue weighted by atomic mass is 9.86. The molecule has 3 heteroatoms. The summed E-state index contributed by atoms with van der Waals surface area (Å²) < 4.78 is 0. The SMILES string of the molecule is CSCCN(C)CC1CCC(N)CC1. The van der Waals surface area contributed by atoms with Crippen LogP contribution in [0, 0.1) is 5.92 Å². The maximum Gasteiger partial charge on any atom is 0.00693 e. The Morgan fingerprint density at radius 1 is 1.29 bits per heavy atom. The van der Waals surface area contributed by atoms with Crippen molar-refractivity contribution in [2.45, 2.75) is 31.7 Å². The largest absolute Gasteiger partial charge is 0.328 e. The summed E-state index contributed by atoms with van der Waals surface area (Å²) >= 11 is 1.93. The highest BCUT2D eigenvalue weighted by Gasteiger charge is 2.19. The maximum atomic E-state index is 5.89. The molecule has 0 radical (unpaired) electrons. The van der Waals surface area contributed by atoms with E-state index in [0.717, 1.165) is 5.92 Å². The molecule has 0 aromatic heterocycles. The van der Waals surface area contributed by atoms with Crippen molar-refractivity contribution in [3.8, 4) is 0 Å². The van der Waals surface area contributed by atoms with Crippen LogP contribution in [-0.2, 0) is 0 Å².